The Hall–Kier alpha value is -0.990. The van der Waals surface area contributed by atoms with Crippen LogP contribution in [-0.4, -0.2) is 11.8 Å². The highest BCUT2D eigenvalue weighted by Crippen LogP contribution is 2.25. The van der Waals surface area contributed by atoms with E-state index in [4.69, 9.17) is 9.47 Å². The van der Waals surface area contributed by atoms with Crippen molar-refractivity contribution in [3.8, 4) is 0 Å². The SMILES string of the molecule is CCCCCCCC1=CC(=O)OC(C)(C)O1. The van der Waals surface area contributed by atoms with Crippen molar-refractivity contribution in [2.24, 2.45) is 0 Å². The molecule has 0 amide bonds. The lowest BCUT2D eigenvalue weighted by molar-refractivity contribution is -0.206. The van der Waals surface area contributed by atoms with Crippen LogP contribution >= 0.6 is 0 Å². The molecule has 3 heteroatoms. The molecule has 0 spiro atoms. The van der Waals surface area contributed by atoms with Crippen molar-refractivity contribution in [3.63, 3.8) is 0 Å². The van der Waals surface area contributed by atoms with Gasteiger partial charge in [0.1, 0.15) is 5.76 Å². The van der Waals surface area contributed by atoms with Gasteiger partial charge in [0.25, 0.3) is 0 Å². The smallest absolute Gasteiger partial charge is 0.337 e. The number of ether oxygens (including phenoxy) is 2. The standard InChI is InChI=1S/C13H22O3/c1-4-5-6-7-8-9-11-10-12(14)16-13(2,3)15-11/h10H,4-9H2,1-3H3. The zero-order valence-electron chi connectivity index (χ0n) is 10.5. The minimum atomic E-state index is -0.801. The molecule has 92 valence electrons. The van der Waals surface area contributed by atoms with Crippen LogP contribution < -0.4 is 0 Å². The molecule has 1 aliphatic heterocycles. The van der Waals surface area contributed by atoms with Crippen LogP contribution in [0.4, 0.5) is 0 Å². The third-order valence-electron chi connectivity index (χ3n) is 2.53. The minimum Gasteiger partial charge on any atom is -0.457 e. The molecule has 0 atom stereocenters. The Balaban J connectivity index is 2.28. The maximum Gasteiger partial charge on any atom is 0.337 e. The van der Waals surface area contributed by atoms with Crippen LogP contribution in [-0.2, 0) is 14.3 Å². The summed E-state index contributed by atoms with van der Waals surface area (Å²) in [4.78, 5) is 11.2. The van der Waals surface area contributed by atoms with Crippen molar-refractivity contribution in [3.05, 3.63) is 11.8 Å². The lowest BCUT2D eigenvalue weighted by atomic mass is 10.1. The molecular weight excluding hydrogens is 204 g/mol. The fraction of sp³-hybridized carbons (Fsp3) is 0.769. The molecule has 1 aliphatic rings. The molecule has 0 fully saturated rings. The molecule has 0 saturated carbocycles. The van der Waals surface area contributed by atoms with Crippen LogP contribution in [0.15, 0.2) is 11.8 Å². The summed E-state index contributed by atoms with van der Waals surface area (Å²) in [6.07, 6.45) is 8.37. The van der Waals surface area contributed by atoms with Gasteiger partial charge in [-0.1, -0.05) is 32.6 Å². The molecule has 1 heterocycles. The summed E-state index contributed by atoms with van der Waals surface area (Å²) in [5, 5.41) is 0. The quantitative estimate of drug-likeness (QED) is 0.513. The molecule has 0 aromatic heterocycles. The number of hydrogen-bond acceptors (Lipinski definition) is 3. The average molecular weight is 226 g/mol. The van der Waals surface area contributed by atoms with Crippen LogP contribution in [0.1, 0.15) is 59.3 Å². The van der Waals surface area contributed by atoms with Crippen molar-refractivity contribution in [1.29, 1.82) is 0 Å². The van der Waals surface area contributed by atoms with E-state index in [2.05, 4.69) is 6.92 Å². The Morgan fingerprint density at radius 1 is 1.12 bits per heavy atom. The summed E-state index contributed by atoms with van der Waals surface area (Å²) in [5.74, 6) is -0.331. The van der Waals surface area contributed by atoms with Gasteiger partial charge >= 0.3 is 5.97 Å². The van der Waals surface area contributed by atoms with Gasteiger partial charge in [-0.05, 0) is 6.42 Å². The van der Waals surface area contributed by atoms with Gasteiger partial charge in [0.05, 0.1) is 6.08 Å². The highest BCUT2D eigenvalue weighted by molar-refractivity contribution is 5.83. The van der Waals surface area contributed by atoms with Crippen molar-refractivity contribution >= 4 is 5.97 Å². The van der Waals surface area contributed by atoms with Gasteiger partial charge in [-0.3, -0.25) is 0 Å². The fourth-order valence-corrected chi connectivity index (χ4v) is 1.80. The highest BCUT2D eigenvalue weighted by atomic mass is 16.7. The second-order valence-corrected chi connectivity index (χ2v) is 4.70. The van der Waals surface area contributed by atoms with Crippen molar-refractivity contribution in [2.45, 2.75) is 65.1 Å². The normalized spacial score (nSPS) is 18.7. The predicted molar refractivity (Wildman–Crippen MR) is 62.7 cm³/mol. The molecular formula is C13H22O3. The molecule has 0 saturated heterocycles. The highest BCUT2D eigenvalue weighted by Gasteiger charge is 2.29. The molecule has 0 radical (unpaired) electrons. The predicted octanol–water partition coefficient (Wildman–Crippen LogP) is 3.54. The average Bonchev–Trinajstić information content (AvgIpc) is 2.14. The summed E-state index contributed by atoms with van der Waals surface area (Å²) in [7, 11) is 0. The zero-order chi connectivity index (χ0) is 12.0. The van der Waals surface area contributed by atoms with E-state index in [1.54, 1.807) is 13.8 Å². The number of hydrogen-bond donors (Lipinski definition) is 0. The largest absolute Gasteiger partial charge is 0.457 e. The Labute approximate surface area is 97.8 Å². The van der Waals surface area contributed by atoms with Gasteiger partial charge < -0.3 is 9.47 Å². The number of carbonyl (C=O) groups excluding carboxylic acids is 1. The molecule has 0 aliphatic carbocycles. The first-order valence-corrected chi connectivity index (χ1v) is 6.16. The van der Waals surface area contributed by atoms with Gasteiger partial charge in [-0.25, -0.2) is 4.79 Å². The Morgan fingerprint density at radius 2 is 1.81 bits per heavy atom. The Morgan fingerprint density at radius 3 is 2.44 bits per heavy atom. The summed E-state index contributed by atoms with van der Waals surface area (Å²) in [6, 6.07) is 0. The van der Waals surface area contributed by atoms with Gasteiger partial charge in [0.2, 0.25) is 5.79 Å². The molecule has 0 bridgehead atoms. The molecule has 0 unspecified atom stereocenters. The van der Waals surface area contributed by atoms with E-state index in [1.807, 2.05) is 0 Å². The van der Waals surface area contributed by atoms with Crippen LogP contribution in [0.25, 0.3) is 0 Å². The lowest BCUT2D eigenvalue weighted by Gasteiger charge is -2.30. The molecule has 0 N–H and O–H groups in total. The molecule has 0 aromatic rings. The monoisotopic (exact) mass is 226 g/mol. The van der Waals surface area contributed by atoms with E-state index < -0.39 is 5.79 Å². The minimum absolute atomic E-state index is 0.292. The first-order chi connectivity index (χ1) is 7.53. The summed E-state index contributed by atoms with van der Waals surface area (Å²) >= 11 is 0. The van der Waals surface area contributed by atoms with Gasteiger partial charge in [0, 0.05) is 20.3 Å². The molecule has 16 heavy (non-hydrogen) atoms. The van der Waals surface area contributed by atoms with Gasteiger partial charge in [-0.15, -0.1) is 0 Å². The summed E-state index contributed by atoms with van der Waals surface area (Å²) < 4.78 is 10.6. The van der Waals surface area contributed by atoms with Crippen molar-refractivity contribution in [2.75, 3.05) is 0 Å². The van der Waals surface area contributed by atoms with Crippen molar-refractivity contribution in [1.82, 2.24) is 0 Å². The number of unbranched alkanes of at least 4 members (excludes halogenated alkanes) is 4. The van der Waals surface area contributed by atoms with E-state index in [9.17, 15) is 4.79 Å². The van der Waals surface area contributed by atoms with E-state index >= 15 is 0 Å². The Kier molecular flexibility index (Phi) is 4.84. The maximum absolute atomic E-state index is 11.2. The van der Waals surface area contributed by atoms with Gasteiger partial charge in [-0.2, -0.15) is 0 Å². The van der Waals surface area contributed by atoms with E-state index in [-0.39, 0.29) is 5.97 Å². The fourth-order valence-electron chi connectivity index (χ4n) is 1.80. The van der Waals surface area contributed by atoms with Gasteiger partial charge in [0.15, 0.2) is 0 Å². The second kappa shape index (κ2) is 5.92. The molecule has 0 aromatic carbocycles. The molecule has 1 rings (SSSR count). The first-order valence-electron chi connectivity index (χ1n) is 6.16. The summed E-state index contributed by atoms with van der Waals surface area (Å²) in [6.45, 7) is 5.72. The van der Waals surface area contributed by atoms with E-state index in [0.29, 0.717) is 0 Å². The summed E-state index contributed by atoms with van der Waals surface area (Å²) in [5.41, 5.74) is 0. The maximum atomic E-state index is 11.2. The molecule has 3 nitrogen and oxygen atoms in total. The number of rotatable bonds is 6. The third kappa shape index (κ3) is 4.69. The van der Waals surface area contributed by atoms with Crippen LogP contribution in [0.5, 0.6) is 0 Å². The van der Waals surface area contributed by atoms with E-state index in [0.717, 1.165) is 18.6 Å². The lowest BCUT2D eigenvalue weighted by Crippen LogP contribution is -2.34. The Bertz CT molecular complexity index is 266. The zero-order valence-corrected chi connectivity index (χ0v) is 10.5. The number of cyclic esters (lactones) is 1. The van der Waals surface area contributed by atoms with Crippen LogP contribution in [0.3, 0.4) is 0 Å². The second-order valence-electron chi connectivity index (χ2n) is 4.70. The first kappa shape index (κ1) is 13.1. The van der Waals surface area contributed by atoms with Crippen molar-refractivity contribution < 1.29 is 14.3 Å². The van der Waals surface area contributed by atoms with Crippen LogP contribution in [0.2, 0.25) is 0 Å². The topological polar surface area (TPSA) is 35.5 Å². The van der Waals surface area contributed by atoms with Crippen LogP contribution in [0, 0.1) is 0 Å². The number of esters is 1. The van der Waals surface area contributed by atoms with E-state index in [1.165, 1.54) is 31.8 Å². The number of carbonyl (C=O) groups is 1. The third-order valence-corrected chi connectivity index (χ3v) is 2.53. The number of allylic oxidation sites excluding steroid dienone is 1.